The quantitative estimate of drug-likeness (QED) is 0.383. The summed E-state index contributed by atoms with van der Waals surface area (Å²) in [7, 11) is 1.57. The van der Waals surface area contributed by atoms with Crippen LogP contribution in [-0.4, -0.2) is 25.0 Å². The zero-order valence-electron chi connectivity index (χ0n) is 15.0. The molecule has 0 fully saturated rings. The van der Waals surface area contributed by atoms with Crippen molar-refractivity contribution >= 4 is 39.5 Å². The van der Waals surface area contributed by atoms with Crippen LogP contribution >= 0.6 is 28.1 Å². The van der Waals surface area contributed by atoms with Crippen molar-refractivity contribution in [3.8, 4) is 17.6 Å². The van der Waals surface area contributed by atoms with Gasteiger partial charge in [-0.05, 0) is 53.3 Å². The number of hydrogen-bond donors (Lipinski definition) is 2. The summed E-state index contributed by atoms with van der Waals surface area (Å²) < 4.78 is 12.1. The number of thiocarbonyl (C=S) groups is 1. The van der Waals surface area contributed by atoms with Crippen molar-refractivity contribution in [2.24, 2.45) is 5.10 Å². The molecule has 2 rings (SSSR count). The lowest BCUT2D eigenvalue weighted by atomic mass is 10.1. The minimum atomic E-state index is 0.262. The fraction of sp³-hybridized carbons (Fsp3) is 0.211. The van der Waals surface area contributed by atoms with Crippen LogP contribution in [0.4, 0.5) is 0 Å². The van der Waals surface area contributed by atoms with Crippen LogP contribution in [0.15, 0.2) is 46.0 Å². The Bertz CT molecular complexity index is 880. The second-order valence-electron chi connectivity index (χ2n) is 5.31. The largest absolute Gasteiger partial charge is 0.493 e. The Morgan fingerprint density at radius 1 is 1.33 bits per heavy atom. The molecule has 0 aliphatic rings. The first-order valence-corrected chi connectivity index (χ1v) is 9.34. The number of hydrazone groups is 1. The first-order chi connectivity index (χ1) is 13.1. The lowest BCUT2D eigenvalue weighted by Gasteiger charge is -2.13. The fourth-order valence-electron chi connectivity index (χ4n) is 2.19. The zero-order chi connectivity index (χ0) is 19.6. The third-order valence-electron chi connectivity index (χ3n) is 3.51. The number of rotatable bonds is 7. The van der Waals surface area contributed by atoms with E-state index in [0.717, 1.165) is 22.1 Å². The van der Waals surface area contributed by atoms with Gasteiger partial charge in [0, 0.05) is 22.1 Å². The number of halogens is 1. The van der Waals surface area contributed by atoms with E-state index in [0.29, 0.717) is 22.2 Å². The Morgan fingerprint density at radius 3 is 2.81 bits per heavy atom. The molecule has 0 spiro atoms. The molecule has 0 radical (unpaired) electrons. The Morgan fingerprint density at radius 2 is 2.11 bits per heavy atom. The van der Waals surface area contributed by atoms with E-state index >= 15 is 0 Å². The summed E-state index contributed by atoms with van der Waals surface area (Å²) >= 11 is 8.56. The van der Waals surface area contributed by atoms with Crippen LogP contribution in [0.25, 0.3) is 0 Å². The number of hydrogen-bond acceptors (Lipinski definition) is 5. The van der Waals surface area contributed by atoms with Crippen molar-refractivity contribution in [2.45, 2.75) is 13.5 Å². The van der Waals surface area contributed by atoms with E-state index in [-0.39, 0.29) is 6.61 Å². The summed E-state index contributed by atoms with van der Waals surface area (Å²) in [6, 6.07) is 13.1. The number of methoxy groups -OCH3 is 1. The molecular formula is C19H19BrN4O2S. The highest BCUT2D eigenvalue weighted by Gasteiger charge is 2.11. The average molecular weight is 447 g/mol. The molecule has 0 aromatic heterocycles. The van der Waals surface area contributed by atoms with Gasteiger partial charge in [0.1, 0.15) is 6.61 Å². The van der Waals surface area contributed by atoms with Crippen LogP contribution in [-0.2, 0) is 6.61 Å². The number of ether oxygens (including phenoxy) is 2. The Labute approximate surface area is 172 Å². The maximum Gasteiger partial charge on any atom is 0.186 e. The molecule has 140 valence electrons. The third kappa shape index (κ3) is 5.94. The summed E-state index contributed by atoms with van der Waals surface area (Å²) in [5, 5.41) is 16.7. The monoisotopic (exact) mass is 446 g/mol. The van der Waals surface area contributed by atoms with E-state index in [4.69, 9.17) is 21.7 Å². The Kier molecular flexibility index (Phi) is 8.04. The highest BCUT2D eigenvalue weighted by Crippen LogP contribution is 2.33. The van der Waals surface area contributed by atoms with Crippen LogP contribution in [0.1, 0.15) is 23.6 Å². The maximum atomic E-state index is 9.18. The van der Waals surface area contributed by atoms with Gasteiger partial charge in [-0.2, -0.15) is 10.4 Å². The molecule has 0 amide bonds. The summed E-state index contributed by atoms with van der Waals surface area (Å²) in [6.45, 7) is 2.94. The molecule has 27 heavy (non-hydrogen) atoms. The lowest BCUT2D eigenvalue weighted by molar-refractivity contribution is 0.284. The smallest absolute Gasteiger partial charge is 0.186 e. The minimum absolute atomic E-state index is 0.262. The summed E-state index contributed by atoms with van der Waals surface area (Å²) in [5.74, 6) is 1.12. The molecule has 0 aliphatic heterocycles. The van der Waals surface area contributed by atoms with Gasteiger partial charge in [-0.1, -0.05) is 18.2 Å². The molecule has 0 unspecified atom stereocenters. The Balaban J connectivity index is 2.14. The molecule has 0 bridgehead atoms. The highest BCUT2D eigenvalue weighted by molar-refractivity contribution is 9.10. The van der Waals surface area contributed by atoms with Crippen molar-refractivity contribution in [3.63, 3.8) is 0 Å². The van der Waals surface area contributed by atoms with Crippen LogP contribution < -0.4 is 20.2 Å². The zero-order valence-corrected chi connectivity index (χ0v) is 17.4. The van der Waals surface area contributed by atoms with E-state index in [9.17, 15) is 5.26 Å². The molecule has 2 N–H and O–H groups in total. The minimum Gasteiger partial charge on any atom is -0.493 e. The molecule has 2 aromatic rings. The van der Waals surface area contributed by atoms with Gasteiger partial charge in [0.05, 0.1) is 25.0 Å². The maximum absolute atomic E-state index is 9.18. The van der Waals surface area contributed by atoms with Crippen LogP contribution in [0, 0.1) is 11.3 Å². The third-order valence-corrected chi connectivity index (χ3v) is 4.43. The van der Waals surface area contributed by atoms with Gasteiger partial charge in [0.25, 0.3) is 0 Å². The van der Waals surface area contributed by atoms with Gasteiger partial charge in [-0.25, -0.2) is 0 Å². The molecule has 0 saturated carbocycles. The highest BCUT2D eigenvalue weighted by atomic mass is 79.9. The van der Waals surface area contributed by atoms with E-state index in [2.05, 4.69) is 37.8 Å². The molecule has 6 nitrogen and oxygen atoms in total. The fourth-order valence-corrected chi connectivity index (χ4v) is 2.82. The molecule has 0 heterocycles. The van der Waals surface area contributed by atoms with Crippen LogP contribution in [0.2, 0.25) is 0 Å². The van der Waals surface area contributed by atoms with E-state index < -0.39 is 0 Å². The Hall–Kier alpha value is -2.63. The second-order valence-corrected chi connectivity index (χ2v) is 6.57. The van der Waals surface area contributed by atoms with E-state index in [1.165, 1.54) is 0 Å². The number of nitrogens with one attached hydrogen (secondary N) is 2. The predicted molar refractivity (Wildman–Crippen MR) is 113 cm³/mol. The average Bonchev–Trinajstić information content (AvgIpc) is 2.68. The normalized spacial score (nSPS) is 10.3. The van der Waals surface area contributed by atoms with Gasteiger partial charge in [-0.15, -0.1) is 0 Å². The summed E-state index contributed by atoms with van der Waals surface area (Å²) in [6.07, 6.45) is 1.63. The van der Waals surface area contributed by atoms with Crippen LogP contribution in [0.3, 0.4) is 0 Å². The molecule has 8 heteroatoms. The number of benzene rings is 2. The topological polar surface area (TPSA) is 78.7 Å². The van der Waals surface area contributed by atoms with Crippen molar-refractivity contribution < 1.29 is 9.47 Å². The molecule has 2 aromatic carbocycles. The van der Waals surface area contributed by atoms with E-state index in [1.807, 2.05) is 25.1 Å². The molecular weight excluding hydrogens is 428 g/mol. The second kappa shape index (κ2) is 10.5. The first-order valence-electron chi connectivity index (χ1n) is 8.14. The van der Waals surface area contributed by atoms with Crippen LogP contribution in [0.5, 0.6) is 11.5 Å². The van der Waals surface area contributed by atoms with Gasteiger partial charge in [0.15, 0.2) is 16.6 Å². The van der Waals surface area contributed by atoms with E-state index in [1.54, 1.807) is 31.5 Å². The SMILES string of the molecule is CCNC(=S)NN=Cc1cc(OC)c(OCc2ccccc2C#N)cc1Br. The molecule has 0 atom stereocenters. The number of nitriles is 1. The predicted octanol–water partition coefficient (Wildman–Crippen LogP) is 3.73. The number of nitrogens with zero attached hydrogens (tertiary/aromatic N) is 2. The van der Waals surface area contributed by atoms with Crippen molar-refractivity contribution in [1.29, 1.82) is 5.26 Å². The van der Waals surface area contributed by atoms with Gasteiger partial charge >= 0.3 is 0 Å². The van der Waals surface area contributed by atoms with Gasteiger partial charge < -0.3 is 14.8 Å². The van der Waals surface area contributed by atoms with Gasteiger partial charge in [-0.3, -0.25) is 5.43 Å². The standard InChI is InChI=1S/C19H19BrN4O2S/c1-3-22-19(27)24-23-11-15-8-17(25-2)18(9-16(15)20)26-12-14-7-5-4-6-13(14)10-21/h4-9,11H,3,12H2,1-2H3,(H2,22,24,27). The molecule has 0 saturated heterocycles. The van der Waals surface area contributed by atoms with Crippen molar-refractivity contribution in [1.82, 2.24) is 10.7 Å². The first kappa shape index (κ1) is 20.7. The lowest BCUT2D eigenvalue weighted by Crippen LogP contribution is -2.31. The van der Waals surface area contributed by atoms with Crippen molar-refractivity contribution in [3.05, 3.63) is 57.6 Å². The summed E-state index contributed by atoms with van der Waals surface area (Å²) in [4.78, 5) is 0. The van der Waals surface area contributed by atoms with Crippen molar-refractivity contribution in [2.75, 3.05) is 13.7 Å². The van der Waals surface area contributed by atoms with Gasteiger partial charge in [0.2, 0.25) is 0 Å². The summed E-state index contributed by atoms with van der Waals surface area (Å²) in [5.41, 5.74) is 4.93. The molecule has 0 aliphatic carbocycles.